The second-order valence-corrected chi connectivity index (χ2v) is 5.32. The van der Waals surface area contributed by atoms with Gasteiger partial charge >= 0.3 is 0 Å². The lowest BCUT2D eigenvalue weighted by Crippen LogP contribution is -2.43. The SMILES string of the molecule is Cc1ccc(NC(=O)[C@H]2CCCCN2)c2cccnc12. The van der Waals surface area contributed by atoms with E-state index in [1.54, 1.807) is 6.20 Å². The van der Waals surface area contributed by atoms with Gasteiger partial charge in [-0.2, -0.15) is 0 Å². The van der Waals surface area contributed by atoms with E-state index in [0.717, 1.165) is 48.0 Å². The third kappa shape index (κ3) is 2.51. The van der Waals surface area contributed by atoms with Crippen molar-refractivity contribution >= 4 is 22.5 Å². The number of piperidine rings is 1. The van der Waals surface area contributed by atoms with Crippen LogP contribution >= 0.6 is 0 Å². The number of aromatic nitrogens is 1. The molecule has 4 nitrogen and oxygen atoms in total. The van der Waals surface area contributed by atoms with Crippen LogP contribution in [0.25, 0.3) is 10.9 Å². The number of benzene rings is 1. The van der Waals surface area contributed by atoms with Crippen molar-refractivity contribution in [2.75, 3.05) is 11.9 Å². The quantitative estimate of drug-likeness (QED) is 0.881. The van der Waals surface area contributed by atoms with Gasteiger partial charge in [-0.3, -0.25) is 9.78 Å². The Balaban J connectivity index is 1.87. The minimum absolute atomic E-state index is 0.0544. The van der Waals surface area contributed by atoms with Crippen molar-refractivity contribution in [2.24, 2.45) is 0 Å². The predicted molar refractivity (Wildman–Crippen MR) is 80.8 cm³/mol. The van der Waals surface area contributed by atoms with Gasteiger partial charge in [0.05, 0.1) is 17.2 Å². The average Bonchev–Trinajstić information content (AvgIpc) is 2.51. The van der Waals surface area contributed by atoms with Crippen LogP contribution in [-0.2, 0) is 4.79 Å². The molecule has 0 radical (unpaired) electrons. The first-order chi connectivity index (χ1) is 9.75. The summed E-state index contributed by atoms with van der Waals surface area (Å²) in [6, 6.07) is 7.78. The molecule has 1 aliphatic rings. The molecule has 1 saturated heterocycles. The lowest BCUT2D eigenvalue weighted by molar-refractivity contribution is -0.118. The van der Waals surface area contributed by atoms with Crippen molar-refractivity contribution in [1.29, 1.82) is 0 Å². The summed E-state index contributed by atoms with van der Waals surface area (Å²) < 4.78 is 0. The Morgan fingerprint density at radius 1 is 1.35 bits per heavy atom. The molecular weight excluding hydrogens is 250 g/mol. The minimum Gasteiger partial charge on any atom is -0.324 e. The van der Waals surface area contributed by atoms with E-state index < -0.39 is 0 Å². The van der Waals surface area contributed by atoms with Crippen molar-refractivity contribution in [1.82, 2.24) is 10.3 Å². The van der Waals surface area contributed by atoms with Gasteiger partial charge in [-0.15, -0.1) is 0 Å². The van der Waals surface area contributed by atoms with E-state index in [2.05, 4.69) is 15.6 Å². The number of fused-ring (bicyclic) bond motifs is 1. The molecule has 1 amide bonds. The molecule has 4 heteroatoms. The lowest BCUT2D eigenvalue weighted by Gasteiger charge is -2.22. The molecule has 0 unspecified atom stereocenters. The van der Waals surface area contributed by atoms with Crippen molar-refractivity contribution in [3.63, 3.8) is 0 Å². The van der Waals surface area contributed by atoms with Gasteiger partial charge in [0.25, 0.3) is 0 Å². The summed E-state index contributed by atoms with van der Waals surface area (Å²) in [6.45, 7) is 2.96. The van der Waals surface area contributed by atoms with E-state index in [1.165, 1.54) is 0 Å². The van der Waals surface area contributed by atoms with Crippen LogP contribution in [0.3, 0.4) is 0 Å². The van der Waals surface area contributed by atoms with Crippen molar-refractivity contribution in [3.8, 4) is 0 Å². The molecule has 0 aliphatic carbocycles. The summed E-state index contributed by atoms with van der Waals surface area (Å²) in [6.07, 6.45) is 4.96. The van der Waals surface area contributed by atoms with Gasteiger partial charge in [-0.1, -0.05) is 12.5 Å². The van der Waals surface area contributed by atoms with E-state index in [0.29, 0.717) is 0 Å². The molecule has 2 N–H and O–H groups in total. The van der Waals surface area contributed by atoms with E-state index in [1.807, 2.05) is 31.2 Å². The van der Waals surface area contributed by atoms with Crippen molar-refractivity contribution in [2.45, 2.75) is 32.2 Å². The van der Waals surface area contributed by atoms with Crippen LogP contribution in [-0.4, -0.2) is 23.5 Å². The first-order valence-electron chi connectivity index (χ1n) is 7.14. The number of anilines is 1. The van der Waals surface area contributed by atoms with Crippen LogP contribution in [0.15, 0.2) is 30.5 Å². The maximum Gasteiger partial charge on any atom is 0.241 e. The molecule has 1 aliphatic heterocycles. The summed E-state index contributed by atoms with van der Waals surface area (Å²) in [7, 11) is 0. The third-order valence-corrected chi connectivity index (χ3v) is 3.86. The second-order valence-electron chi connectivity index (χ2n) is 5.32. The number of carbonyl (C=O) groups is 1. The second kappa shape index (κ2) is 5.59. The molecule has 0 bridgehead atoms. The number of nitrogens with one attached hydrogen (secondary N) is 2. The van der Waals surface area contributed by atoms with E-state index in [-0.39, 0.29) is 11.9 Å². The topological polar surface area (TPSA) is 54.0 Å². The number of carbonyl (C=O) groups excluding carboxylic acids is 1. The predicted octanol–water partition coefficient (Wildman–Crippen LogP) is 2.62. The number of amides is 1. The molecule has 1 fully saturated rings. The molecule has 20 heavy (non-hydrogen) atoms. The lowest BCUT2D eigenvalue weighted by atomic mass is 10.0. The van der Waals surface area contributed by atoms with Gasteiger partial charge in [-0.05, 0) is 50.1 Å². The van der Waals surface area contributed by atoms with E-state index in [9.17, 15) is 4.79 Å². The number of hydrogen-bond acceptors (Lipinski definition) is 3. The normalized spacial score (nSPS) is 18.9. The highest BCUT2D eigenvalue weighted by atomic mass is 16.2. The highest BCUT2D eigenvalue weighted by Crippen LogP contribution is 2.25. The Bertz CT molecular complexity index is 633. The van der Waals surface area contributed by atoms with Crippen molar-refractivity contribution in [3.05, 3.63) is 36.0 Å². The van der Waals surface area contributed by atoms with E-state index in [4.69, 9.17) is 0 Å². The maximum absolute atomic E-state index is 12.3. The maximum atomic E-state index is 12.3. The largest absolute Gasteiger partial charge is 0.324 e. The number of hydrogen-bond donors (Lipinski definition) is 2. The Hall–Kier alpha value is -1.94. The zero-order chi connectivity index (χ0) is 13.9. The standard InChI is InChI=1S/C16H19N3O/c1-11-7-8-13(12-5-4-10-18-15(11)12)19-16(20)14-6-2-3-9-17-14/h4-5,7-8,10,14,17H,2-3,6,9H2,1H3,(H,19,20)/t14-/m1/s1. The molecule has 2 aromatic rings. The fourth-order valence-corrected chi connectivity index (χ4v) is 2.72. The molecule has 3 rings (SSSR count). The van der Waals surface area contributed by atoms with Crippen LogP contribution in [0.4, 0.5) is 5.69 Å². The summed E-state index contributed by atoms with van der Waals surface area (Å²) >= 11 is 0. The minimum atomic E-state index is -0.0724. The fraction of sp³-hybridized carbons (Fsp3) is 0.375. The Kier molecular flexibility index (Phi) is 3.65. The number of nitrogens with zero attached hydrogens (tertiary/aromatic N) is 1. The molecule has 1 aromatic heterocycles. The van der Waals surface area contributed by atoms with Gasteiger partial charge in [-0.25, -0.2) is 0 Å². The van der Waals surface area contributed by atoms with Crippen LogP contribution in [0, 0.1) is 6.92 Å². The first kappa shape index (κ1) is 13.1. The van der Waals surface area contributed by atoms with E-state index >= 15 is 0 Å². The van der Waals surface area contributed by atoms with Gasteiger partial charge < -0.3 is 10.6 Å². The molecule has 2 heterocycles. The Morgan fingerprint density at radius 3 is 3.05 bits per heavy atom. The molecule has 0 saturated carbocycles. The number of pyridine rings is 1. The Labute approximate surface area is 118 Å². The van der Waals surface area contributed by atoms with Crippen LogP contribution in [0.1, 0.15) is 24.8 Å². The van der Waals surface area contributed by atoms with Gasteiger partial charge in [0.15, 0.2) is 0 Å². The Morgan fingerprint density at radius 2 is 2.25 bits per heavy atom. The molecule has 1 aromatic carbocycles. The average molecular weight is 269 g/mol. The number of aryl methyl sites for hydroxylation is 1. The smallest absolute Gasteiger partial charge is 0.241 e. The van der Waals surface area contributed by atoms with Crippen LogP contribution < -0.4 is 10.6 Å². The van der Waals surface area contributed by atoms with Gasteiger partial charge in [0, 0.05) is 11.6 Å². The molecule has 1 atom stereocenters. The molecule has 0 spiro atoms. The third-order valence-electron chi connectivity index (χ3n) is 3.86. The van der Waals surface area contributed by atoms with Crippen LogP contribution in [0.2, 0.25) is 0 Å². The van der Waals surface area contributed by atoms with Crippen molar-refractivity contribution < 1.29 is 4.79 Å². The monoisotopic (exact) mass is 269 g/mol. The summed E-state index contributed by atoms with van der Waals surface area (Å²) in [5, 5.41) is 7.31. The van der Waals surface area contributed by atoms with Gasteiger partial charge in [0.1, 0.15) is 0 Å². The molecule has 104 valence electrons. The highest BCUT2D eigenvalue weighted by molar-refractivity contribution is 6.03. The first-order valence-corrected chi connectivity index (χ1v) is 7.14. The summed E-state index contributed by atoms with van der Waals surface area (Å²) in [5.41, 5.74) is 2.91. The van der Waals surface area contributed by atoms with Crippen LogP contribution in [0.5, 0.6) is 0 Å². The summed E-state index contributed by atoms with van der Waals surface area (Å²) in [4.78, 5) is 16.7. The molecular formula is C16H19N3O. The zero-order valence-electron chi connectivity index (χ0n) is 11.6. The fourth-order valence-electron chi connectivity index (χ4n) is 2.72. The number of rotatable bonds is 2. The summed E-state index contributed by atoms with van der Waals surface area (Å²) in [5.74, 6) is 0.0544. The highest BCUT2D eigenvalue weighted by Gasteiger charge is 2.21. The van der Waals surface area contributed by atoms with Gasteiger partial charge in [0.2, 0.25) is 5.91 Å². The zero-order valence-corrected chi connectivity index (χ0v) is 11.6.